The third kappa shape index (κ3) is 2.00. The van der Waals surface area contributed by atoms with Gasteiger partial charge in [0.1, 0.15) is 5.82 Å². The highest BCUT2D eigenvalue weighted by atomic mass is 14.9. The Morgan fingerprint density at radius 2 is 1.55 bits per heavy atom. The van der Waals surface area contributed by atoms with Crippen LogP contribution in [0.3, 0.4) is 0 Å². The van der Waals surface area contributed by atoms with Crippen molar-refractivity contribution in [2.24, 2.45) is 0 Å². The number of aryl methyl sites for hydroxylation is 2. The molecule has 0 unspecified atom stereocenters. The number of hydrogen-bond donors (Lipinski definition) is 0. The van der Waals surface area contributed by atoms with Crippen LogP contribution in [-0.4, -0.2) is 9.97 Å². The molecule has 1 aromatic heterocycles. The van der Waals surface area contributed by atoms with Crippen molar-refractivity contribution in [3.05, 3.63) is 23.3 Å². The Morgan fingerprint density at radius 3 is 1.91 bits per heavy atom. The van der Waals surface area contributed by atoms with Gasteiger partial charge in [-0.15, -0.1) is 0 Å². The Labute approximate surface area is 67.7 Å². The highest BCUT2D eigenvalue weighted by Crippen LogP contribution is 2.09. The largest absolute Gasteiger partial charge is 0.238 e. The van der Waals surface area contributed by atoms with Gasteiger partial charge < -0.3 is 0 Å². The van der Waals surface area contributed by atoms with Gasteiger partial charge in [0.15, 0.2) is 0 Å². The van der Waals surface area contributed by atoms with E-state index in [1.165, 1.54) is 0 Å². The molecule has 0 aromatic carbocycles. The lowest BCUT2D eigenvalue weighted by atomic mass is 10.2. The van der Waals surface area contributed by atoms with E-state index in [-0.39, 0.29) is 0 Å². The zero-order valence-electron chi connectivity index (χ0n) is 7.55. The number of hydrogen-bond acceptors (Lipinski definition) is 2. The van der Waals surface area contributed by atoms with Crippen molar-refractivity contribution in [2.75, 3.05) is 0 Å². The van der Waals surface area contributed by atoms with Crippen LogP contribution in [0.2, 0.25) is 0 Å². The minimum atomic E-state index is 0.425. The monoisotopic (exact) mass is 150 g/mol. The second kappa shape index (κ2) is 2.99. The average Bonchev–Trinajstić information content (AvgIpc) is 1.85. The van der Waals surface area contributed by atoms with Crippen molar-refractivity contribution < 1.29 is 0 Å². The second-order valence-corrected chi connectivity index (χ2v) is 3.16. The normalized spacial score (nSPS) is 10.6. The van der Waals surface area contributed by atoms with E-state index in [2.05, 4.69) is 23.8 Å². The third-order valence-corrected chi connectivity index (χ3v) is 1.52. The van der Waals surface area contributed by atoms with Gasteiger partial charge >= 0.3 is 0 Å². The SMILES string of the molecule is Cc1cc(C)nc(C(C)C)n1. The van der Waals surface area contributed by atoms with Crippen LogP contribution in [0.25, 0.3) is 0 Å². The zero-order valence-corrected chi connectivity index (χ0v) is 7.55. The number of aromatic nitrogens is 2. The van der Waals surface area contributed by atoms with Gasteiger partial charge in [-0.2, -0.15) is 0 Å². The minimum absolute atomic E-state index is 0.425. The molecule has 2 heteroatoms. The Balaban J connectivity index is 3.08. The third-order valence-electron chi connectivity index (χ3n) is 1.52. The van der Waals surface area contributed by atoms with E-state index in [4.69, 9.17) is 0 Å². The zero-order chi connectivity index (χ0) is 8.43. The first-order valence-electron chi connectivity index (χ1n) is 3.92. The van der Waals surface area contributed by atoms with Gasteiger partial charge in [0, 0.05) is 17.3 Å². The lowest BCUT2D eigenvalue weighted by molar-refractivity contribution is 0.758. The summed E-state index contributed by atoms with van der Waals surface area (Å²) < 4.78 is 0. The van der Waals surface area contributed by atoms with Gasteiger partial charge in [-0.05, 0) is 19.9 Å². The smallest absolute Gasteiger partial charge is 0.131 e. The molecular formula is C9H14N2. The molecule has 1 heterocycles. The van der Waals surface area contributed by atoms with Crippen molar-refractivity contribution in [3.63, 3.8) is 0 Å². The van der Waals surface area contributed by atoms with Crippen molar-refractivity contribution in [1.29, 1.82) is 0 Å². The summed E-state index contributed by atoms with van der Waals surface area (Å²) in [6.45, 7) is 8.21. The van der Waals surface area contributed by atoms with E-state index in [0.29, 0.717) is 5.92 Å². The molecule has 0 aliphatic rings. The number of rotatable bonds is 1. The quantitative estimate of drug-likeness (QED) is 0.613. The molecule has 0 aliphatic heterocycles. The first-order chi connectivity index (χ1) is 5.09. The molecule has 0 saturated carbocycles. The van der Waals surface area contributed by atoms with Crippen LogP contribution in [0.1, 0.15) is 37.0 Å². The molecule has 1 rings (SSSR count). The van der Waals surface area contributed by atoms with Gasteiger partial charge in [-0.3, -0.25) is 0 Å². The summed E-state index contributed by atoms with van der Waals surface area (Å²) in [5, 5.41) is 0. The lowest BCUT2D eigenvalue weighted by Gasteiger charge is -2.04. The molecule has 60 valence electrons. The molecule has 0 fully saturated rings. The van der Waals surface area contributed by atoms with Crippen molar-refractivity contribution in [2.45, 2.75) is 33.6 Å². The van der Waals surface area contributed by atoms with Crippen LogP contribution >= 0.6 is 0 Å². The van der Waals surface area contributed by atoms with Crippen LogP contribution in [0.5, 0.6) is 0 Å². The first-order valence-corrected chi connectivity index (χ1v) is 3.92. The van der Waals surface area contributed by atoms with Crippen LogP contribution in [0.15, 0.2) is 6.07 Å². The maximum atomic E-state index is 4.32. The maximum Gasteiger partial charge on any atom is 0.131 e. The van der Waals surface area contributed by atoms with E-state index < -0.39 is 0 Å². The number of nitrogens with zero attached hydrogens (tertiary/aromatic N) is 2. The summed E-state index contributed by atoms with van der Waals surface area (Å²) in [6.07, 6.45) is 0. The van der Waals surface area contributed by atoms with E-state index >= 15 is 0 Å². The Bertz CT molecular complexity index is 233. The summed E-state index contributed by atoms with van der Waals surface area (Å²) >= 11 is 0. The van der Waals surface area contributed by atoms with Gasteiger partial charge in [0.05, 0.1) is 0 Å². The van der Waals surface area contributed by atoms with E-state index in [1.54, 1.807) is 0 Å². The second-order valence-electron chi connectivity index (χ2n) is 3.16. The first kappa shape index (κ1) is 8.18. The van der Waals surface area contributed by atoms with E-state index in [0.717, 1.165) is 17.2 Å². The molecule has 11 heavy (non-hydrogen) atoms. The van der Waals surface area contributed by atoms with Crippen LogP contribution in [0.4, 0.5) is 0 Å². The summed E-state index contributed by atoms with van der Waals surface area (Å²) in [7, 11) is 0. The molecule has 0 spiro atoms. The summed E-state index contributed by atoms with van der Waals surface area (Å²) in [6, 6.07) is 1.99. The van der Waals surface area contributed by atoms with Crippen LogP contribution in [0, 0.1) is 13.8 Å². The predicted molar refractivity (Wildman–Crippen MR) is 45.6 cm³/mol. The maximum absolute atomic E-state index is 4.32. The topological polar surface area (TPSA) is 25.8 Å². The van der Waals surface area contributed by atoms with Crippen molar-refractivity contribution in [3.8, 4) is 0 Å². The summed E-state index contributed by atoms with van der Waals surface area (Å²) in [5.41, 5.74) is 2.11. The molecular weight excluding hydrogens is 136 g/mol. The molecule has 0 aliphatic carbocycles. The predicted octanol–water partition coefficient (Wildman–Crippen LogP) is 2.22. The van der Waals surface area contributed by atoms with Gasteiger partial charge in [-0.25, -0.2) is 9.97 Å². The van der Waals surface area contributed by atoms with Gasteiger partial charge in [-0.1, -0.05) is 13.8 Å². The van der Waals surface area contributed by atoms with Crippen molar-refractivity contribution >= 4 is 0 Å². The fourth-order valence-corrected chi connectivity index (χ4v) is 1.01. The fraction of sp³-hybridized carbons (Fsp3) is 0.556. The highest BCUT2D eigenvalue weighted by Gasteiger charge is 2.02. The van der Waals surface area contributed by atoms with Crippen LogP contribution < -0.4 is 0 Å². The molecule has 0 N–H and O–H groups in total. The van der Waals surface area contributed by atoms with Crippen molar-refractivity contribution in [1.82, 2.24) is 9.97 Å². The molecule has 0 radical (unpaired) electrons. The van der Waals surface area contributed by atoms with E-state index in [9.17, 15) is 0 Å². The Kier molecular flexibility index (Phi) is 2.22. The summed E-state index contributed by atoms with van der Waals surface area (Å²) in [5.74, 6) is 1.37. The van der Waals surface area contributed by atoms with E-state index in [1.807, 2.05) is 19.9 Å². The highest BCUT2D eigenvalue weighted by molar-refractivity contribution is 5.09. The molecule has 0 bridgehead atoms. The fourth-order valence-electron chi connectivity index (χ4n) is 1.01. The van der Waals surface area contributed by atoms with Gasteiger partial charge in [0.2, 0.25) is 0 Å². The minimum Gasteiger partial charge on any atom is -0.238 e. The molecule has 0 atom stereocenters. The Hall–Kier alpha value is -0.920. The molecule has 0 saturated heterocycles. The van der Waals surface area contributed by atoms with Crippen LogP contribution in [-0.2, 0) is 0 Å². The average molecular weight is 150 g/mol. The standard InChI is InChI=1S/C9H14N2/c1-6(2)9-10-7(3)5-8(4)11-9/h5-6H,1-4H3. The molecule has 0 amide bonds. The molecule has 1 aromatic rings. The van der Waals surface area contributed by atoms with Gasteiger partial charge in [0.25, 0.3) is 0 Å². The Morgan fingerprint density at radius 1 is 1.09 bits per heavy atom. The lowest BCUT2D eigenvalue weighted by Crippen LogP contribution is -2.00. The molecule has 2 nitrogen and oxygen atoms in total. The summed E-state index contributed by atoms with van der Waals surface area (Å²) in [4.78, 5) is 8.64.